The third-order valence-corrected chi connectivity index (χ3v) is 4.29. The number of carbonyl (C=O) groups is 2. The zero-order chi connectivity index (χ0) is 19.6. The van der Waals surface area contributed by atoms with Gasteiger partial charge in [-0.3, -0.25) is 9.59 Å². The molecular weight excluding hydrogens is 338 g/mol. The monoisotopic (exact) mass is 361 g/mol. The van der Waals surface area contributed by atoms with E-state index in [0.29, 0.717) is 17.0 Å². The molecule has 0 unspecified atom stereocenters. The minimum Gasteiger partial charge on any atom is -0.461 e. The molecule has 0 aliphatic rings. The Bertz CT molecular complexity index is 958. The van der Waals surface area contributed by atoms with Crippen molar-refractivity contribution in [1.29, 1.82) is 0 Å². The molecular formula is C23H23NO3. The first-order chi connectivity index (χ1) is 12.7. The van der Waals surface area contributed by atoms with Crippen LogP contribution in [0.25, 0.3) is 11.1 Å². The van der Waals surface area contributed by atoms with Gasteiger partial charge in [-0.25, -0.2) is 0 Å². The van der Waals surface area contributed by atoms with E-state index in [0.717, 1.165) is 16.7 Å². The zero-order valence-corrected chi connectivity index (χ0v) is 16.0. The number of rotatable bonds is 4. The third kappa shape index (κ3) is 4.34. The second kappa shape index (κ2) is 7.23. The minimum absolute atomic E-state index is 0.0317. The Morgan fingerprint density at radius 1 is 0.889 bits per heavy atom. The number of aryl methyl sites for hydroxylation is 1. The first-order valence-corrected chi connectivity index (χ1v) is 8.86. The zero-order valence-electron chi connectivity index (χ0n) is 16.0. The molecule has 1 heterocycles. The normalized spacial score (nSPS) is 11.3. The molecule has 138 valence electrons. The number of amides is 1. The molecule has 1 N–H and O–H groups in total. The summed E-state index contributed by atoms with van der Waals surface area (Å²) in [7, 11) is 0. The number of hydrogen-bond acceptors (Lipinski definition) is 3. The number of benzene rings is 2. The van der Waals surface area contributed by atoms with Crippen LogP contribution < -0.4 is 5.32 Å². The van der Waals surface area contributed by atoms with E-state index >= 15 is 0 Å². The summed E-state index contributed by atoms with van der Waals surface area (Å²) in [6.45, 7) is 7.58. The highest BCUT2D eigenvalue weighted by atomic mass is 16.3. The maximum atomic E-state index is 12.3. The lowest BCUT2D eigenvalue weighted by atomic mass is 9.89. The highest BCUT2D eigenvalue weighted by Crippen LogP contribution is 2.28. The van der Waals surface area contributed by atoms with Crippen LogP contribution in [0.3, 0.4) is 0 Å². The van der Waals surface area contributed by atoms with E-state index in [1.807, 2.05) is 64.1 Å². The van der Waals surface area contributed by atoms with Crippen LogP contribution in [0.1, 0.15) is 47.2 Å². The molecule has 2 aromatic carbocycles. The summed E-state index contributed by atoms with van der Waals surface area (Å²) in [5, 5.41) is 2.88. The summed E-state index contributed by atoms with van der Waals surface area (Å²) < 4.78 is 5.45. The average molecular weight is 361 g/mol. The second-order valence-corrected chi connectivity index (χ2v) is 7.68. The van der Waals surface area contributed by atoms with Crippen molar-refractivity contribution in [3.8, 4) is 11.1 Å². The van der Waals surface area contributed by atoms with Crippen LogP contribution in [0, 0.1) is 12.3 Å². The van der Waals surface area contributed by atoms with Crippen molar-refractivity contribution < 1.29 is 14.0 Å². The van der Waals surface area contributed by atoms with Crippen LogP contribution in [-0.4, -0.2) is 11.7 Å². The Morgan fingerprint density at radius 2 is 1.52 bits per heavy atom. The predicted octanol–water partition coefficient (Wildman–Crippen LogP) is 5.74. The number of ketones is 1. The quantitative estimate of drug-likeness (QED) is 0.603. The molecule has 4 nitrogen and oxygen atoms in total. The van der Waals surface area contributed by atoms with E-state index in [9.17, 15) is 9.59 Å². The van der Waals surface area contributed by atoms with Crippen molar-refractivity contribution >= 4 is 17.4 Å². The maximum Gasteiger partial charge on any atom is 0.255 e. The Hall–Kier alpha value is -3.14. The van der Waals surface area contributed by atoms with E-state index in [-0.39, 0.29) is 11.7 Å². The SMILES string of the molecule is Cc1ccc(C(=O)Nc2ccc(-c3coc(C(=O)C(C)(C)C)c3)cc2)cc1. The lowest BCUT2D eigenvalue weighted by molar-refractivity contribution is 0.0828. The van der Waals surface area contributed by atoms with Gasteiger partial charge in [-0.15, -0.1) is 0 Å². The van der Waals surface area contributed by atoms with Crippen LogP contribution >= 0.6 is 0 Å². The van der Waals surface area contributed by atoms with Crippen LogP contribution in [0.4, 0.5) is 5.69 Å². The number of furan rings is 1. The fourth-order valence-electron chi connectivity index (χ4n) is 2.63. The molecule has 1 aromatic heterocycles. The molecule has 0 spiro atoms. The molecule has 0 aliphatic heterocycles. The molecule has 0 aliphatic carbocycles. The standard InChI is InChI=1S/C23H23NO3/c1-15-5-7-17(8-6-15)22(26)24-19-11-9-16(10-12-19)18-13-20(27-14-18)21(25)23(2,3)4/h5-14H,1-4H3,(H,24,26). The summed E-state index contributed by atoms with van der Waals surface area (Å²) in [5.41, 5.74) is 3.70. The Balaban J connectivity index is 1.72. The summed E-state index contributed by atoms with van der Waals surface area (Å²) >= 11 is 0. The first-order valence-electron chi connectivity index (χ1n) is 8.86. The highest BCUT2D eigenvalue weighted by Gasteiger charge is 2.25. The van der Waals surface area contributed by atoms with Gasteiger partial charge in [0.05, 0.1) is 6.26 Å². The first kappa shape index (κ1) is 18.6. The van der Waals surface area contributed by atoms with Crippen molar-refractivity contribution in [1.82, 2.24) is 0 Å². The molecule has 0 radical (unpaired) electrons. The van der Waals surface area contributed by atoms with Crippen molar-refractivity contribution in [3.05, 3.63) is 77.7 Å². The van der Waals surface area contributed by atoms with Gasteiger partial charge in [-0.05, 0) is 42.8 Å². The Kier molecular flexibility index (Phi) is 5.00. The molecule has 0 bridgehead atoms. The van der Waals surface area contributed by atoms with Crippen molar-refractivity contribution in [2.45, 2.75) is 27.7 Å². The Labute approximate surface area is 159 Å². The van der Waals surface area contributed by atoms with Crippen LogP contribution in [-0.2, 0) is 0 Å². The smallest absolute Gasteiger partial charge is 0.255 e. The van der Waals surface area contributed by atoms with Crippen LogP contribution in [0.5, 0.6) is 0 Å². The van der Waals surface area contributed by atoms with Crippen molar-refractivity contribution in [3.63, 3.8) is 0 Å². The highest BCUT2D eigenvalue weighted by molar-refractivity contribution is 6.04. The summed E-state index contributed by atoms with van der Waals surface area (Å²) in [5.74, 6) is 0.175. The molecule has 0 atom stereocenters. The molecule has 0 saturated carbocycles. The predicted molar refractivity (Wildman–Crippen MR) is 107 cm³/mol. The number of hydrogen-bond donors (Lipinski definition) is 1. The topological polar surface area (TPSA) is 59.3 Å². The second-order valence-electron chi connectivity index (χ2n) is 7.68. The van der Waals surface area contributed by atoms with E-state index in [2.05, 4.69) is 5.32 Å². The van der Waals surface area contributed by atoms with Crippen LogP contribution in [0.2, 0.25) is 0 Å². The average Bonchev–Trinajstić information content (AvgIpc) is 3.11. The number of nitrogens with one attached hydrogen (secondary N) is 1. The molecule has 0 saturated heterocycles. The molecule has 1 amide bonds. The largest absolute Gasteiger partial charge is 0.461 e. The fourth-order valence-corrected chi connectivity index (χ4v) is 2.63. The number of Topliss-reactive ketones (excluding diaryl/α,β-unsaturated/α-hetero) is 1. The van der Waals surface area contributed by atoms with Gasteiger partial charge in [0.1, 0.15) is 0 Å². The van der Waals surface area contributed by atoms with Gasteiger partial charge in [0.15, 0.2) is 5.76 Å². The van der Waals surface area contributed by atoms with E-state index in [4.69, 9.17) is 4.42 Å². The Morgan fingerprint density at radius 3 is 2.11 bits per heavy atom. The minimum atomic E-state index is -0.487. The maximum absolute atomic E-state index is 12.3. The van der Waals surface area contributed by atoms with E-state index in [1.54, 1.807) is 24.5 Å². The van der Waals surface area contributed by atoms with Gasteiger partial charge in [-0.1, -0.05) is 50.6 Å². The van der Waals surface area contributed by atoms with E-state index in [1.165, 1.54) is 0 Å². The lowest BCUT2D eigenvalue weighted by Crippen LogP contribution is -2.19. The van der Waals surface area contributed by atoms with Gasteiger partial charge in [0, 0.05) is 22.2 Å². The molecule has 0 fully saturated rings. The van der Waals surface area contributed by atoms with Crippen LogP contribution in [0.15, 0.2) is 65.3 Å². The molecule has 3 aromatic rings. The van der Waals surface area contributed by atoms with Gasteiger partial charge >= 0.3 is 0 Å². The van der Waals surface area contributed by atoms with Crippen molar-refractivity contribution in [2.75, 3.05) is 5.32 Å². The summed E-state index contributed by atoms with van der Waals surface area (Å²) in [6, 6.07) is 16.6. The van der Waals surface area contributed by atoms with Crippen molar-refractivity contribution in [2.24, 2.45) is 5.41 Å². The summed E-state index contributed by atoms with van der Waals surface area (Å²) in [6.07, 6.45) is 1.58. The molecule has 3 rings (SSSR count). The van der Waals surface area contributed by atoms with Gasteiger partial charge in [0.2, 0.25) is 5.78 Å². The number of carbonyl (C=O) groups excluding carboxylic acids is 2. The van der Waals surface area contributed by atoms with Gasteiger partial charge in [-0.2, -0.15) is 0 Å². The van der Waals surface area contributed by atoms with Gasteiger partial charge < -0.3 is 9.73 Å². The summed E-state index contributed by atoms with van der Waals surface area (Å²) in [4.78, 5) is 24.6. The molecule has 4 heteroatoms. The third-order valence-electron chi connectivity index (χ3n) is 4.29. The van der Waals surface area contributed by atoms with E-state index < -0.39 is 5.41 Å². The lowest BCUT2D eigenvalue weighted by Gasteiger charge is -2.13. The number of anilines is 1. The molecule has 27 heavy (non-hydrogen) atoms. The fraction of sp³-hybridized carbons (Fsp3) is 0.217. The van der Waals surface area contributed by atoms with Gasteiger partial charge in [0.25, 0.3) is 5.91 Å².